The molecule has 0 bridgehead atoms. The molecule has 2 rings (SSSR count). The van der Waals surface area contributed by atoms with Gasteiger partial charge in [0.1, 0.15) is 6.61 Å². The fourth-order valence-electron chi connectivity index (χ4n) is 1.47. The van der Waals surface area contributed by atoms with Gasteiger partial charge in [-0.05, 0) is 24.3 Å². The van der Waals surface area contributed by atoms with E-state index < -0.39 is 0 Å². The lowest BCUT2D eigenvalue weighted by atomic mass is 10.2. The fraction of sp³-hybridized carbons (Fsp3) is 0.154. The number of methoxy groups -OCH3 is 1. The van der Waals surface area contributed by atoms with Crippen molar-refractivity contribution in [2.75, 3.05) is 7.11 Å². The van der Waals surface area contributed by atoms with E-state index in [1.54, 1.807) is 25.3 Å². The SMILES string of the molecule is COc1cc(C#N)ccc1OCc1ccc[nH]1. The molecule has 1 aromatic carbocycles. The first-order valence-corrected chi connectivity index (χ1v) is 5.16. The summed E-state index contributed by atoms with van der Waals surface area (Å²) in [6.45, 7) is 0.440. The van der Waals surface area contributed by atoms with E-state index >= 15 is 0 Å². The minimum absolute atomic E-state index is 0.440. The molecule has 1 heterocycles. The van der Waals surface area contributed by atoms with Crippen LogP contribution in [0.1, 0.15) is 11.3 Å². The third-order valence-corrected chi connectivity index (χ3v) is 2.34. The summed E-state index contributed by atoms with van der Waals surface area (Å²) < 4.78 is 10.8. The maximum Gasteiger partial charge on any atom is 0.162 e. The van der Waals surface area contributed by atoms with Crippen LogP contribution in [0.15, 0.2) is 36.5 Å². The Hall–Kier alpha value is -2.41. The van der Waals surface area contributed by atoms with Gasteiger partial charge in [-0.15, -0.1) is 0 Å². The van der Waals surface area contributed by atoms with E-state index in [0.29, 0.717) is 23.7 Å². The third kappa shape index (κ3) is 2.58. The van der Waals surface area contributed by atoms with Crippen LogP contribution in [0.2, 0.25) is 0 Å². The van der Waals surface area contributed by atoms with Crippen molar-refractivity contribution in [3.8, 4) is 17.6 Å². The summed E-state index contributed by atoms with van der Waals surface area (Å²) in [4.78, 5) is 3.05. The fourth-order valence-corrected chi connectivity index (χ4v) is 1.47. The van der Waals surface area contributed by atoms with E-state index in [0.717, 1.165) is 5.69 Å². The maximum absolute atomic E-state index is 8.78. The molecule has 0 spiro atoms. The molecule has 0 saturated carbocycles. The Morgan fingerprint density at radius 1 is 1.29 bits per heavy atom. The first kappa shape index (κ1) is 11.1. The standard InChI is InChI=1S/C13H12N2O2/c1-16-13-7-10(8-14)4-5-12(13)17-9-11-3-2-6-15-11/h2-7,15H,9H2,1H3. The highest BCUT2D eigenvalue weighted by molar-refractivity contribution is 5.46. The van der Waals surface area contributed by atoms with Gasteiger partial charge in [0, 0.05) is 12.3 Å². The van der Waals surface area contributed by atoms with E-state index in [2.05, 4.69) is 11.1 Å². The molecular formula is C13H12N2O2. The van der Waals surface area contributed by atoms with Crippen LogP contribution in [-0.2, 0) is 6.61 Å². The van der Waals surface area contributed by atoms with E-state index in [9.17, 15) is 0 Å². The second-order valence-electron chi connectivity index (χ2n) is 3.46. The highest BCUT2D eigenvalue weighted by Gasteiger charge is 2.06. The summed E-state index contributed by atoms with van der Waals surface area (Å²) in [7, 11) is 1.55. The maximum atomic E-state index is 8.78. The molecule has 0 aliphatic carbocycles. The summed E-state index contributed by atoms with van der Waals surface area (Å²) in [5.41, 5.74) is 1.53. The number of nitrogens with one attached hydrogen (secondary N) is 1. The molecule has 86 valence electrons. The van der Waals surface area contributed by atoms with Crippen LogP contribution in [0, 0.1) is 11.3 Å². The Kier molecular flexibility index (Phi) is 3.31. The van der Waals surface area contributed by atoms with Crippen molar-refractivity contribution >= 4 is 0 Å². The monoisotopic (exact) mass is 228 g/mol. The molecule has 1 aromatic heterocycles. The molecule has 0 saturated heterocycles. The quantitative estimate of drug-likeness (QED) is 0.874. The first-order valence-electron chi connectivity index (χ1n) is 5.16. The second-order valence-corrected chi connectivity index (χ2v) is 3.46. The van der Waals surface area contributed by atoms with Crippen molar-refractivity contribution in [2.24, 2.45) is 0 Å². The normalized spacial score (nSPS) is 9.65. The van der Waals surface area contributed by atoms with Crippen LogP contribution in [-0.4, -0.2) is 12.1 Å². The van der Waals surface area contributed by atoms with Crippen LogP contribution in [0.25, 0.3) is 0 Å². The van der Waals surface area contributed by atoms with Gasteiger partial charge in [-0.25, -0.2) is 0 Å². The zero-order valence-corrected chi connectivity index (χ0v) is 9.43. The minimum Gasteiger partial charge on any atom is -0.493 e. The van der Waals surface area contributed by atoms with Crippen molar-refractivity contribution < 1.29 is 9.47 Å². The predicted octanol–water partition coefficient (Wildman–Crippen LogP) is 2.47. The summed E-state index contributed by atoms with van der Waals surface area (Å²) >= 11 is 0. The van der Waals surface area contributed by atoms with Crippen LogP contribution in [0.5, 0.6) is 11.5 Å². The van der Waals surface area contributed by atoms with Gasteiger partial charge < -0.3 is 14.5 Å². The molecule has 0 radical (unpaired) electrons. The number of rotatable bonds is 4. The lowest BCUT2D eigenvalue weighted by Gasteiger charge is -2.09. The Morgan fingerprint density at radius 2 is 2.18 bits per heavy atom. The van der Waals surface area contributed by atoms with Gasteiger partial charge in [0.2, 0.25) is 0 Å². The summed E-state index contributed by atoms with van der Waals surface area (Å²) in [6.07, 6.45) is 1.84. The van der Waals surface area contributed by atoms with Crippen LogP contribution < -0.4 is 9.47 Å². The molecule has 0 unspecified atom stereocenters. The topological polar surface area (TPSA) is 58.0 Å². The van der Waals surface area contributed by atoms with Gasteiger partial charge in [0.15, 0.2) is 11.5 Å². The molecule has 2 aromatic rings. The predicted molar refractivity (Wildman–Crippen MR) is 62.8 cm³/mol. The smallest absolute Gasteiger partial charge is 0.162 e. The molecule has 0 aliphatic rings. The average molecular weight is 228 g/mol. The highest BCUT2D eigenvalue weighted by Crippen LogP contribution is 2.28. The van der Waals surface area contributed by atoms with E-state index in [1.165, 1.54) is 0 Å². The number of aromatic amines is 1. The number of benzene rings is 1. The molecular weight excluding hydrogens is 216 g/mol. The van der Waals surface area contributed by atoms with Crippen LogP contribution in [0.4, 0.5) is 0 Å². The first-order chi connectivity index (χ1) is 8.33. The molecule has 0 fully saturated rings. The number of aromatic nitrogens is 1. The molecule has 17 heavy (non-hydrogen) atoms. The second kappa shape index (κ2) is 5.08. The summed E-state index contributed by atoms with van der Waals surface area (Å²) in [6, 6.07) is 11.0. The zero-order chi connectivity index (χ0) is 12.1. The molecule has 1 N–H and O–H groups in total. The van der Waals surface area contributed by atoms with Gasteiger partial charge in [-0.2, -0.15) is 5.26 Å². The van der Waals surface area contributed by atoms with Gasteiger partial charge in [-0.1, -0.05) is 0 Å². The summed E-state index contributed by atoms with van der Waals surface area (Å²) in [5, 5.41) is 8.78. The van der Waals surface area contributed by atoms with Crippen molar-refractivity contribution in [3.63, 3.8) is 0 Å². The number of hydrogen-bond donors (Lipinski definition) is 1. The van der Waals surface area contributed by atoms with Crippen molar-refractivity contribution in [1.29, 1.82) is 5.26 Å². The molecule has 4 heteroatoms. The third-order valence-electron chi connectivity index (χ3n) is 2.34. The Morgan fingerprint density at radius 3 is 2.82 bits per heavy atom. The number of ether oxygens (including phenoxy) is 2. The van der Waals surface area contributed by atoms with Crippen molar-refractivity contribution in [3.05, 3.63) is 47.8 Å². The van der Waals surface area contributed by atoms with Crippen molar-refractivity contribution in [1.82, 2.24) is 4.98 Å². The van der Waals surface area contributed by atoms with Crippen LogP contribution >= 0.6 is 0 Å². The van der Waals surface area contributed by atoms with Gasteiger partial charge in [0.05, 0.1) is 24.4 Å². The molecule has 4 nitrogen and oxygen atoms in total. The number of H-pyrrole nitrogens is 1. The molecule has 0 amide bonds. The minimum atomic E-state index is 0.440. The lowest BCUT2D eigenvalue weighted by molar-refractivity contribution is 0.281. The zero-order valence-electron chi connectivity index (χ0n) is 9.43. The average Bonchev–Trinajstić information content (AvgIpc) is 2.89. The van der Waals surface area contributed by atoms with Gasteiger partial charge in [-0.3, -0.25) is 0 Å². The molecule has 0 atom stereocenters. The number of hydrogen-bond acceptors (Lipinski definition) is 3. The van der Waals surface area contributed by atoms with Crippen LogP contribution in [0.3, 0.4) is 0 Å². The molecule has 0 aliphatic heterocycles. The van der Waals surface area contributed by atoms with E-state index in [1.807, 2.05) is 18.3 Å². The largest absolute Gasteiger partial charge is 0.493 e. The highest BCUT2D eigenvalue weighted by atomic mass is 16.5. The Balaban J connectivity index is 2.13. The van der Waals surface area contributed by atoms with Gasteiger partial charge >= 0.3 is 0 Å². The van der Waals surface area contributed by atoms with E-state index in [-0.39, 0.29) is 0 Å². The lowest BCUT2D eigenvalue weighted by Crippen LogP contribution is -1.98. The number of nitriles is 1. The number of nitrogens with zero attached hydrogens (tertiary/aromatic N) is 1. The summed E-state index contributed by atoms with van der Waals surface area (Å²) in [5.74, 6) is 1.19. The van der Waals surface area contributed by atoms with Gasteiger partial charge in [0.25, 0.3) is 0 Å². The Bertz CT molecular complexity index is 527. The van der Waals surface area contributed by atoms with E-state index in [4.69, 9.17) is 14.7 Å². The Labute approximate surface area is 99.4 Å². The van der Waals surface area contributed by atoms with Crippen molar-refractivity contribution in [2.45, 2.75) is 6.61 Å².